The Hall–Kier alpha value is -2.82. The maximum atomic E-state index is 11.3. The van der Waals surface area contributed by atoms with Crippen molar-refractivity contribution in [2.24, 2.45) is 20.5 Å². The van der Waals surface area contributed by atoms with Gasteiger partial charge in [0.2, 0.25) is 0 Å². The molecule has 0 aliphatic rings. The van der Waals surface area contributed by atoms with Gasteiger partial charge in [-0.1, -0.05) is 42.5 Å². The summed E-state index contributed by atoms with van der Waals surface area (Å²) in [5.41, 5.74) is 3.81. The third-order valence-corrected chi connectivity index (χ3v) is 8.39. The molecule has 0 atom stereocenters. The Morgan fingerprint density at radius 2 is 1.13 bits per heavy atom. The number of anilines is 1. The van der Waals surface area contributed by atoms with Crippen LogP contribution in [0.2, 0.25) is 0 Å². The van der Waals surface area contributed by atoms with E-state index in [4.69, 9.17) is 0 Å². The van der Waals surface area contributed by atoms with Crippen LogP contribution in [0.5, 0.6) is 0 Å². The number of hydrogen-bond donors (Lipinski definition) is 0. The second kappa shape index (κ2) is 16.3. The molecule has 224 valence electrons. The van der Waals surface area contributed by atoms with Crippen molar-refractivity contribution >= 4 is 59.4 Å². The fraction of sp³-hybridized carbons (Fsp3) is 0.0968. The maximum Gasteiger partial charge on any atom is 1.00 e. The van der Waals surface area contributed by atoms with Crippen molar-refractivity contribution in [2.45, 2.75) is 23.3 Å². The Labute approximate surface area is 311 Å². The monoisotopic (exact) mass is 673 g/mol. The predicted molar refractivity (Wildman–Crippen MR) is 164 cm³/mol. The zero-order valence-electron chi connectivity index (χ0n) is 25.3. The summed E-state index contributed by atoms with van der Waals surface area (Å²) < 4.78 is 67.6. The van der Waals surface area contributed by atoms with Crippen molar-refractivity contribution in [3.05, 3.63) is 115 Å². The van der Waals surface area contributed by atoms with Gasteiger partial charge in [-0.25, -0.2) is 16.8 Å². The summed E-state index contributed by atoms with van der Waals surface area (Å²) in [5, 5.41) is 18.8. The third-order valence-electron chi connectivity index (χ3n) is 6.71. The van der Waals surface area contributed by atoms with Crippen molar-refractivity contribution in [2.75, 3.05) is 11.4 Å². The molecule has 0 saturated carbocycles. The first kappa shape index (κ1) is 37.6. The molecule has 0 amide bonds. The van der Waals surface area contributed by atoms with Crippen LogP contribution < -0.4 is 64.0 Å². The van der Waals surface area contributed by atoms with Gasteiger partial charge in [-0.3, -0.25) is 0 Å². The van der Waals surface area contributed by atoms with Gasteiger partial charge >= 0.3 is 59.1 Å². The molecule has 0 aliphatic carbocycles. The Kier molecular flexibility index (Phi) is 13.4. The van der Waals surface area contributed by atoms with Crippen LogP contribution in [0.3, 0.4) is 0 Å². The van der Waals surface area contributed by atoms with Crippen molar-refractivity contribution in [1.29, 1.82) is 0 Å². The van der Waals surface area contributed by atoms with Gasteiger partial charge in [0.05, 0.1) is 32.5 Å². The van der Waals surface area contributed by atoms with Gasteiger partial charge in [0.15, 0.2) is 0 Å². The first-order chi connectivity index (χ1) is 21.0. The zero-order chi connectivity index (χ0) is 31.3. The van der Waals surface area contributed by atoms with Crippen LogP contribution in [0.4, 0.5) is 28.4 Å². The van der Waals surface area contributed by atoms with Crippen LogP contribution in [0, 0.1) is 0 Å². The molecule has 5 aromatic carbocycles. The summed E-state index contributed by atoms with van der Waals surface area (Å²) in [4.78, 5) is 1.46. The second-order valence-electron chi connectivity index (χ2n) is 9.63. The van der Waals surface area contributed by atoms with E-state index in [2.05, 4.69) is 25.4 Å². The van der Waals surface area contributed by atoms with Gasteiger partial charge in [-0.2, -0.15) is 10.2 Å². The van der Waals surface area contributed by atoms with E-state index in [1.54, 1.807) is 30.3 Å². The van der Waals surface area contributed by atoms with E-state index in [0.29, 0.717) is 30.2 Å². The summed E-state index contributed by atoms with van der Waals surface area (Å²) in [6, 6.07) is 29.7. The van der Waals surface area contributed by atoms with Crippen LogP contribution in [-0.2, 0) is 26.8 Å². The second-order valence-corrected chi connectivity index (χ2v) is 12.4. The Morgan fingerprint density at radius 3 is 1.65 bits per heavy atom. The SMILES string of the molecule is CCN(Cc1ccc(S(=O)(=O)[O-])cc1)c1ccc(N=Nc2ccc(N=Nc3cccc(S(=O)(=O)[O-])c3)c3ccccc23)cc1.[Na+].[Na+]. The molecule has 0 unspecified atom stereocenters. The van der Waals surface area contributed by atoms with Crippen LogP contribution in [0.1, 0.15) is 12.5 Å². The third kappa shape index (κ3) is 9.61. The van der Waals surface area contributed by atoms with Gasteiger partial charge in [0.25, 0.3) is 0 Å². The van der Waals surface area contributed by atoms with Crippen molar-refractivity contribution < 1.29 is 85.1 Å². The molecule has 0 aliphatic heterocycles. The van der Waals surface area contributed by atoms with E-state index in [-0.39, 0.29) is 74.6 Å². The standard InChI is InChI=1S/C31H27N5O6S2.2Na/c1-2-36(21-22-10-16-26(17-11-22)43(37,38)39)25-14-12-23(13-15-25)32-34-30-18-19-31(29-9-4-3-8-28(29)30)35-33-24-6-5-7-27(20-24)44(40,41)42;;/h3-20H,2,21H2,1H3,(H,37,38,39)(H,40,41,42);;/q;2*+1/p-2. The number of hydrogen-bond acceptors (Lipinski definition) is 11. The number of rotatable bonds is 10. The minimum absolute atomic E-state index is 0. The molecule has 5 aromatic rings. The van der Waals surface area contributed by atoms with E-state index >= 15 is 0 Å². The summed E-state index contributed by atoms with van der Waals surface area (Å²) in [7, 11) is -9.09. The van der Waals surface area contributed by atoms with Crippen LogP contribution in [0.25, 0.3) is 10.8 Å². The van der Waals surface area contributed by atoms with Crippen molar-refractivity contribution in [3.8, 4) is 0 Å². The molecule has 0 spiro atoms. The first-order valence-corrected chi connectivity index (χ1v) is 16.1. The molecule has 0 aromatic heterocycles. The summed E-state index contributed by atoms with van der Waals surface area (Å²) >= 11 is 0. The van der Waals surface area contributed by atoms with Crippen LogP contribution >= 0.6 is 0 Å². The predicted octanol–water partition coefficient (Wildman–Crippen LogP) is 1.51. The summed E-state index contributed by atoms with van der Waals surface area (Å²) in [6.45, 7) is 3.23. The number of azo groups is 2. The molecule has 0 fully saturated rings. The van der Waals surface area contributed by atoms with Crippen molar-refractivity contribution in [3.63, 3.8) is 0 Å². The van der Waals surface area contributed by atoms with Gasteiger partial charge in [-0.05, 0) is 79.2 Å². The van der Waals surface area contributed by atoms with E-state index in [1.807, 2.05) is 55.5 Å². The van der Waals surface area contributed by atoms with Gasteiger partial charge in [0.1, 0.15) is 20.2 Å². The van der Waals surface area contributed by atoms with Gasteiger partial charge < -0.3 is 14.0 Å². The van der Waals surface area contributed by atoms with Crippen molar-refractivity contribution in [1.82, 2.24) is 0 Å². The molecule has 0 N–H and O–H groups in total. The Bertz CT molecular complexity index is 2090. The first-order valence-electron chi connectivity index (χ1n) is 13.3. The largest absolute Gasteiger partial charge is 1.00 e. The Morgan fingerprint density at radius 1 is 0.587 bits per heavy atom. The molecule has 5 rings (SSSR count). The zero-order valence-corrected chi connectivity index (χ0v) is 30.9. The van der Waals surface area contributed by atoms with E-state index in [0.717, 1.165) is 22.0 Å². The summed E-state index contributed by atoms with van der Waals surface area (Å²) in [6.07, 6.45) is 0. The molecule has 0 radical (unpaired) electrons. The quantitative estimate of drug-likeness (QED) is 0.123. The summed E-state index contributed by atoms with van der Waals surface area (Å²) in [5.74, 6) is 0. The average Bonchev–Trinajstić information content (AvgIpc) is 3.01. The van der Waals surface area contributed by atoms with E-state index in [9.17, 15) is 25.9 Å². The molecule has 11 nitrogen and oxygen atoms in total. The Balaban J connectivity index is 0.00000288. The number of nitrogens with zero attached hydrogens (tertiary/aromatic N) is 5. The van der Waals surface area contributed by atoms with E-state index < -0.39 is 20.2 Å². The molecule has 0 heterocycles. The fourth-order valence-corrected chi connectivity index (χ4v) is 5.44. The average molecular weight is 674 g/mol. The van der Waals surface area contributed by atoms with E-state index in [1.165, 1.54) is 30.3 Å². The minimum atomic E-state index is -4.61. The number of benzene rings is 5. The number of fused-ring (bicyclic) bond motifs is 1. The topological polar surface area (TPSA) is 167 Å². The molecule has 46 heavy (non-hydrogen) atoms. The van der Waals surface area contributed by atoms with Gasteiger partial charge in [-0.15, -0.1) is 10.2 Å². The molecular formula is C31H25N5Na2O6S2. The molecule has 0 bridgehead atoms. The fourth-order valence-electron chi connectivity index (χ4n) is 4.46. The minimum Gasteiger partial charge on any atom is -0.744 e. The molecular weight excluding hydrogens is 648 g/mol. The smallest absolute Gasteiger partial charge is 0.744 e. The normalized spacial score (nSPS) is 11.8. The van der Waals surface area contributed by atoms with Gasteiger partial charge in [0, 0.05) is 29.5 Å². The molecule has 15 heteroatoms. The maximum absolute atomic E-state index is 11.3. The van der Waals surface area contributed by atoms with Crippen LogP contribution in [0.15, 0.2) is 139 Å². The molecule has 0 saturated heterocycles. The van der Waals surface area contributed by atoms with Crippen LogP contribution in [-0.4, -0.2) is 32.5 Å².